The topological polar surface area (TPSA) is 150 Å². The molecule has 0 aromatic carbocycles. The zero-order valence-electron chi connectivity index (χ0n) is 6.49. The van der Waals surface area contributed by atoms with Crippen molar-refractivity contribution in [1.29, 1.82) is 0 Å². The predicted molar refractivity (Wildman–Crippen MR) is 38.0 cm³/mol. The van der Waals surface area contributed by atoms with Crippen LogP contribution in [0.1, 0.15) is 0 Å². The Morgan fingerprint density at radius 1 is 1.54 bits per heavy atom. The lowest BCUT2D eigenvalue weighted by atomic mass is 10.7. The number of nitrogens with zero attached hydrogens (tertiary/aromatic N) is 3. The number of nitrogens with two attached hydrogens (primary N) is 1. The third-order valence-electron chi connectivity index (χ3n) is 0.790. The first-order valence-corrected chi connectivity index (χ1v) is 3.06. The van der Waals surface area contributed by atoms with E-state index in [2.05, 4.69) is 9.83 Å². The van der Waals surface area contributed by atoms with E-state index in [-0.39, 0.29) is 24.4 Å². The summed E-state index contributed by atoms with van der Waals surface area (Å²) in [6, 6.07) is 0. The van der Waals surface area contributed by atoms with Crippen LogP contribution in [-0.2, 0) is 4.84 Å². The fraction of sp³-hybridized carbons (Fsp3) is 0.667. The quantitative estimate of drug-likeness (QED) is 0.145. The molecule has 78 valence electrons. The molecule has 0 saturated heterocycles. The van der Waals surface area contributed by atoms with Gasteiger partial charge in [0.05, 0.1) is 13.2 Å². The average molecular weight is 196 g/mol. The van der Waals surface area contributed by atoms with E-state index in [0.29, 0.717) is 0 Å². The van der Waals surface area contributed by atoms with Gasteiger partial charge in [-0.15, -0.1) is 5.39 Å². The molecule has 10 heteroatoms. The molecule has 0 aromatic rings. The lowest BCUT2D eigenvalue weighted by molar-refractivity contribution is -0.329. The average Bonchev–Trinajstić information content (AvgIpc) is 1.96. The standard InChI is InChI=1S/C3H10N5O5/c4-3(6-7(9)10)5-1-2-13-8(11)12/h9-11H,1-2H2,(H3,4,5,6)/q-1. The highest BCUT2D eigenvalue weighted by Crippen LogP contribution is 1.79. The Balaban J connectivity index is 3.47. The predicted octanol–water partition coefficient (Wildman–Crippen LogP) is -1.99. The van der Waals surface area contributed by atoms with Crippen LogP contribution in [0.15, 0.2) is 4.99 Å². The van der Waals surface area contributed by atoms with E-state index in [0.717, 1.165) is 0 Å². The minimum absolute atomic E-state index is 0.0357. The molecule has 0 rings (SSSR count). The molecule has 0 aliphatic heterocycles. The smallest absolute Gasteiger partial charge is 0.207 e. The molecule has 0 atom stereocenters. The summed E-state index contributed by atoms with van der Waals surface area (Å²) in [6.07, 6.45) is 0. The monoisotopic (exact) mass is 196 g/mol. The Hall–Kier alpha value is -1.01. The second-order valence-electron chi connectivity index (χ2n) is 1.74. The lowest BCUT2D eigenvalue weighted by Crippen LogP contribution is -2.42. The van der Waals surface area contributed by atoms with Crippen molar-refractivity contribution in [2.24, 2.45) is 10.7 Å². The van der Waals surface area contributed by atoms with Crippen molar-refractivity contribution in [1.82, 2.24) is 16.2 Å². The zero-order valence-corrected chi connectivity index (χ0v) is 6.49. The molecule has 0 radical (unpaired) electrons. The van der Waals surface area contributed by atoms with Gasteiger partial charge in [-0.3, -0.25) is 15.3 Å². The number of hydrogen-bond acceptors (Lipinski definition) is 8. The van der Waals surface area contributed by atoms with Crippen molar-refractivity contribution >= 4 is 5.96 Å². The molecule has 0 unspecified atom stereocenters. The highest BCUT2D eigenvalue weighted by Gasteiger charge is 1.94. The maximum Gasteiger partial charge on any atom is 0.207 e. The van der Waals surface area contributed by atoms with Crippen LogP contribution in [0.2, 0.25) is 0 Å². The van der Waals surface area contributed by atoms with Gasteiger partial charge >= 0.3 is 0 Å². The molecule has 0 saturated carbocycles. The number of rotatable bonds is 5. The van der Waals surface area contributed by atoms with Crippen molar-refractivity contribution in [2.45, 2.75) is 0 Å². The van der Waals surface area contributed by atoms with Crippen LogP contribution >= 0.6 is 0 Å². The molecule has 0 amide bonds. The van der Waals surface area contributed by atoms with Crippen molar-refractivity contribution < 1.29 is 20.5 Å². The van der Waals surface area contributed by atoms with Gasteiger partial charge in [-0.05, 0) is 0 Å². The van der Waals surface area contributed by atoms with Crippen molar-refractivity contribution in [2.75, 3.05) is 13.2 Å². The van der Waals surface area contributed by atoms with Crippen molar-refractivity contribution in [3.63, 3.8) is 0 Å². The Morgan fingerprint density at radius 3 is 2.62 bits per heavy atom. The van der Waals surface area contributed by atoms with Gasteiger partial charge in [0.15, 0.2) is 0 Å². The highest BCUT2D eigenvalue weighted by molar-refractivity contribution is 5.77. The minimum atomic E-state index is -0.719. The Bertz CT molecular complexity index is 160. The van der Waals surface area contributed by atoms with Crippen LogP contribution in [0.5, 0.6) is 0 Å². The van der Waals surface area contributed by atoms with Gasteiger partial charge in [0.1, 0.15) is 0 Å². The number of hydrazine groups is 1. The van der Waals surface area contributed by atoms with Gasteiger partial charge in [-0.1, -0.05) is 0 Å². The molecule has 0 fully saturated rings. The molecule has 0 bridgehead atoms. The molecular formula is C3H10N5O5-. The van der Waals surface area contributed by atoms with Gasteiger partial charge < -0.3 is 16.1 Å². The summed E-state index contributed by atoms with van der Waals surface area (Å²) in [5, 5.41) is 32.9. The molecule has 13 heavy (non-hydrogen) atoms. The van der Waals surface area contributed by atoms with Crippen LogP contribution in [0.3, 0.4) is 0 Å². The summed E-state index contributed by atoms with van der Waals surface area (Å²) in [6.45, 7) is -0.231. The first-order valence-electron chi connectivity index (χ1n) is 3.06. The second-order valence-corrected chi connectivity index (χ2v) is 1.74. The summed E-state index contributed by atoms with van der Waals surface area (Å²) < 4.78 is 0. The van der Waals surface area contributed by atoms with Gasteiger partial charge in [-0.2, -0.15) is 0 Å². The Labute approximate surface area is 72.8 Å². The van der Waals surface area contributed by atoms with Gasteiger partial charge in [0, 0.05) is 5.34 Å². The highest BCUT2D eigenvalue weighted by atomic mass is 17.1. The van der Waals surface area contributed by atoms with E-state index in [1.807, 2.05) is 0 Å². The SMILES string of the molecule is NC(=NCCON([O-])O)NN(O)O. The van der Waals surface area contributed by atoms with Crippen LogP contribution in [-0.4, -0.2) is 45.5 Å². The van der Waals surface area contributed by atoms with Gasteiger partial charge in [0.25, 0.3) is 0 Å². The van der Waals surface area contributed by atoms with E-state index in [1.165, 1.54) is 0 Å². The fourth-order valence-electron chi connectivity index (χ4n) is 0.423. The van der Waals surface area contributed by atoms with Gasteiger partial charge in [0.2, 0.25) is 5.96 Å². The molecule has 0 aliphatic rings. The Kier molecular flexibility index (Phi) is 5.99. The molecule has 6 N–H and O–H groups in total. The first-order chi connectivity index (χ1) is 6.02. The van der Waals surface area contributed by atoms with Crippen LogP contribution in [0, 0.1) is 5.21 Å². The summed E-state index contributed by atoms with van der Waals surface area (Å²) in [7, 11) is 0. The largest absolute Gasteiger partial charge is 0.738 e. The molecule has 0 aliphatic carbocycles. The normalized spacial score (nSPS) is 12.6. The summed E-state index contributed by atoms with van der Waals surface area (Å²) in [5.74, 6) is -0.288. The van der Waals surface area contributed by atoms with E-state index in [9.17, 15) is 5.21 Å². The number of hydrogen-bond donors (Lipinski definition) is 5. The Morgan fingerprint density at radius 2 is 2.15 bits per heavy atom. The van der Waals surface area contributed by atoms with E-state index in [1.54, 1.807) is 5.43 Å². The third kappa shape index (κ3) is 8.90. The fourth-order valence-corrected chi connectivity index (χ4v) is 0.423. The second kappa shape index (κ2) is 6.50. The molecule has 0 heterocycles. The van der Waals surface area contributed by atoms with E-state index >= 15 is 0 Å². The third-order valence-corrected chi connectivity index (χ3v) is 0.790. The number of nitrogens with one attached hydrogen (secondary N) is 1. The van der Waals surface area contributed by atoms with Crippen molar-refractivity contribution in [3.8, 4) is 0 Å². The number of guanidine groups is 1. The summed E-state index contributed by atoms with van der Waals surface area (Å²) in [4.78, 5) is 7.46. The molecule has 10 nitrogen and oxygen atoms in total. The maximum absolute atomic E-state index is 9.73. The van der Waals surface area contributed by atoms with Crippen molar-refractivity contribution in [3.05, 3.63) is 5.21 Å². The first kappa shape index (κ1) is 12.0. The summed E-state index contributed by atoms with van der Waals surface area (Å²) in [5.41, 5.74) is 6.85. The van der Waals surface area contributed by atoms with Gasteiger partial charge in [-0.25, -0.2) is 10.4 Å². The molecule has 0 aromatic heterocycles. The number of aliphatic imine (C=N–C) groups is 1. The summed E-state index contributed by atoms with van der Waals surface area (Å²) >= 11 is 0. The van der Waals surface area contributed by atoms with Crippen LogP contribution in [0.4, 0.5) is 0 Å². The van der Waals surface area contributed by atoms with E-state index < -0.39 is 5.39 Å². The van der Waals surface area contributed by atoms with E-state index in [4.69, 9.17) is 21.4 Å². The maximum atomic E-state index is 9.73. The molecule has 0 spiro atoms. The van der Waals surface area contributed by atoms with Crippen LogP contribution in [0.25, 0.3) is 0 Å². The lowest BCUT2D eigenvalue weighted by Gasteiger charge is -2.17. The van der Waals surface area contributed by atoms with Crippen LogP contribution < -0.4 is 11.2 Å². The molecular weight excluding hydrogens is 186 g/mol. The minimum Gasteiger partial charge on any atom is -0.738 e. The zero-order chi connectivity index (χ0) is 10.3.